The molecule has 0 radical (unpaired) electrons. The summed E-state index contributed by atoms with van der Waals surface area (Å²) >= 11 is 3.54. The van der Waals surface area contributed by atoms with Crippen LogP contribution in [0.4, 0.5) is 8.78 Å². The van der Waals surface area contributed by atoms with Crippen LogP contribution in [0.25, 0.3) is 11.3 Å². The third-order valence-corrected chi connectivity index (χ3v) is 4.67. The maximum atomic E-state index is 13.8. The Hall–Kier alpha value is -1.29. The Balaban J connectivity index is 1.98. The molecule has 124 valence electrons. The van der Waals surface area contributed by atoms with Crippen molar-refractivity contribution in [1.29, 1.82) is 0 Å². The van der Waals surface area contributed by atoms with Crippen molar-refractivity contribution in [2.45, 2.75) is 51.9 Å². The van der Waals surface area contributed by atoms with Gasteiger partial charge < -0.3 is 0 Å². The van der Waals surface area contributed by atoms with Gasteiger partial charge in [-0.25, -0.2) is 8.78 Å². The summed E-state index contributed by atoms with van der Waals surface area (Å²) in [6.45, 7) is 2.22. The lowest BCUT2D eigenvalue weighted by Gasteiger charge is -2.08. The number of aryl methyl sites for hydroxylation is 1. The van der Waals surface area contributed by atoms with Gasteiger partial charge in [-0.05, 0) is 36.6 Å². The summed E-state index contributed by atoms with van der Waals surface area (Å²) in [5.41, 5.74) is 1.96. The van der Waals surface area contributed by atoms with E-state index >= 15 is 0 Å². The number of hydrogen-bond acceptors (Lipinski definition) is 1. The van der Waals surface area contributed by atoms with Crippen LogP contribution in [0.3, 0.4) is 0 Å². The van der Waals surface area contributed by atoms with Crippen LogP contribution < -0.4 is 0 Å². The first kappa shape index (κ1) is 18.1. The minimum absolute atomic E-state index is 0.318. The Bertz CT molecular complexity index is 643. The third-order valence-electron chi connectivity index (χ3n) is 3.94. The van der Waals surface area contributed by atoms with E-state index in [0.717, 1.165) is 28.9 Å². The SMILES string of the molecule is CCCCCCCCc1cnc(-c2ccc(F)cc2F)cc1Br. The fourth-order valence-electron chi connectivity index (χ4n) is 2.58. The van der Waals surface area contributed by atoms with E-state index in [-0.39, 0.29) is 0 Å². The van der Waals surface area contributed by atoms with Gasteiger partial charge >= 0.3 is 0 Å². The van der Waals surface area contributed by atoms with E-state index in [0.29, 0.717) is 11.3 Å². The number of benzene rings is 1. The van der Waals surface area contributed by atoms with E-state index in [1.807, 2.05) is 6.07 Å². The van der Waals surface area contributed by atoms with Crippen LogP contribution in [-0.4, -0.2) is 4.98 Å². The average molecular weight is 382 g/mol. The molecule has 0 aliphatic carbocycles. The maximum Gasteiger partial charge on any atom is 0.135 e. The average Bonchev–Trinajstić information content (AvgIpc) is 2.52. The molecule has 4 heteroatoms. The normalized spacial score (nSPS) is 11.0. The molecule has 2 aromatic rings. The van der Waals surface area contributed by atoms with Crippen molar-refractivity contribution in [2.24, 2.45) is 0 Å². The predicted octanol–water partition coefficient (Wildman–Crippen LogP) is 6.69. The molecule has 0 atom stereocenters. The van der Waals surface area contributed by atoms with Crippen LogP contribution in [-0.2, 0) is 6.42 Å². The minimum Gasteiger partial charge on any atom is -0.256 e. The van der Waals surface area contributed by atoms with E-state index in [1.54, 1.807) is 6.20 Å². The highest BCUT2D eigenvalue weighted by molar-refractivity contribution is 9.10. The Morgan fingerprint density at radius 1 is 1.00 bits per heavy atom. The maximum absolute atomic E-state index is 13.8. The molecular weight excluding hydrogens is 360 g/mol. The van der Waals surface area contributed by atoms with Gasteiger partial charge in [0, 0.05) is 22.3 Å². The molecule has 2 rings (SSSR count). The number of hydrogen-bond donors (Lipinski definition) is 0. The summed E-state index contributed by atoms with van der Waals surface area (Å²) in [6, 6.07) is 5.36. The molecular formula is C19H22BrF2N. The zero-order valence-corrected chi connectivity index (χ0v) is 15.0. The quantitative estimate of drug-likeness (QED) is 0.464. The molecule has 0 amide bonds. The van der Waals surface area contributed by atoms with E-state index in [2.05, 4.69) is 27.8 Å². The molecule has 0 saturated carbocycles. The van der Waals surface area contributed by atoms with E-state index in [1.165, 1.54) is 44.2 Å². The van der Waals surface area contributed by atoms with Gasteiger partial charge in [0.1, 0.15) is 11.6 Å². The monoisotopic (exact) mass is 381 g/mol. The van der Waals surface area contributed by atoms with Crippen molar-refractivity contribution in [3.8, 4) is 11.3 Å². The summed E-state index contributed by atoms with van der Waals surface area (Å²) in [5.74, 6) is -1.17. The van der Waals surface area contributed by atoms with Crippen LogP contribution in [0.1, 0.15) is 51.0 Å². The second-order valence-electron chi connectivity index (χ2n) is 5.80. The van der Waals surface area contributed by atoms with Crippen LogP contribution in [0.5, 0.6) is 0 Å². The summed E-state index contributed by atoms with van der Waals surface area (Å²) in [5, 5.41) is 0. The topological polar surface area (TPSA) is 12.9 Å². The van der Waals surface area contributed by atoms with Gasteiger partial charge in [0.05, 0.1) is 5.69 Å². The van der Waals surface area contributed by atoms with Crippen molar-refractivity contribution >= 4 is 15.9 Å². The first-order valence-electron chi connectivity index (χ1n) is 8.21. The second-order valence-corrected chi connectivity index (χ2v) is 6.66. The molecule has 1 aromatic carbocycles. The van der Waals surface area contributed by atoms with Gasteiger partial charge in [-0.1, -0.05) is 55.0 Å². The summed E-state index contributed by atoms with van der Waals surface area (Å²) in [4.78, 5) is 4.34. The highest BCUT2D eigenvalue weighted by Gasteiger charge is 2.10. The fraction of sp³-hybridized carbons (Fsp3) is 0.421. The number of pyridine rings is 1. The van der Waals surface area contributed by atoms with Crippen LogP contribution in [0.15, 0.2) is 34.9 Å². The lowest BCUT2D eigenvalue weighted by molar-refractivity contribution is 0.585. The number of aromatic nitrogens is 1. The van der Waals surface area contributed by atoms with Crippen molar-refractivity contribution < 1.29 is 8.78 Å². The molecule has 0 spiro atoms. The number of unbranched alkanes of at least 4 members (excludes halogenated alkanes) is 5. The largest absolute Gasteiger partial charge is 0.256 e. The van der Waals surface area contributed by atoms with E-state index in [4.69, 9.17) is 0 Å². The van der Waals surface area contributed by atoms with E-state index < -0.39 is 11.6 Å². The van der Waals surface area contributed by atoms with Gasteiger partial charge in [0.25, 0.3) is 0 Å². The lowest BCUT2D eigenvalue weighted by atomic mass is 10.0. The van der Waals surface area contributed by atoms with Gasteiger partial charge in [-0.2, -0.15) is 0 Å². The first-order valence-corrected chi connectivity index (χ1v) is 9.01. The molecule has 1 heterocycles. The van der Waals surface area contributed by atoms with Crippen LogP contribution >= 0.6 is 15.9 Å². The highest BCUT2D eigenvalue weighted by Crippen LogP contribution is 2.27. The summed E-state index contributed by atoms with van der Waals surface area (Å²) in [7, 11) is 0. The molecule has 0 N–H and O–H groups in total. The molecule has 0 saturated heterocycles. The standard InChI is InChI=1S/C19H22BrF2N/c1-2-3-4-5-6-7-8-14-13-23-19(12-17(14)20)16-10-9-15(21)11-18(16)22/h9-13H,2-8H2,1H3. The summed E-state index contributed by atoms with van der Waals surface area (Å²) < 4.78 is 27.7. The second kappa shape index (κ2) is 9.11. The van der Waals surface area contributed by atoms with Crippen molar-refractivity contribution in [1.82, 2.24) is 4.98 Å². The number of halogens is 3. The predicted molar refractivity (Wildman–Crippen MR) is 94.4 cm³/mol. The molecule has 0 aliphatic rings. The van der Waals surface area contributed by atoms with Crippen LogP contribution in [0.2, 0.25) is 0 Å². The van der Waals surface area contributed by atoms with Gasteiger partial charge in [-0.3, -0.25) is 4.98 Å². The Morgan fingerprint density at radius 3 is 2.43 bits per heavy atom. The van der Waals surface area contributed by atoms with Crippen LogP contribution in [0, 0.1) is 11.6 Å². The fourth-order valence-corrected chi connectivity index (χ4v) is 3.10. The molecule has 0 bridgehead atoms. The number of nitrogens with zero attached hydrogens (tertiary/aromatic N) is 1. The molecule has 0 aliphatic heterocycles. The summed E-state index contributed by atoms with van der Waals surface area (Å²) in [6.07, 6.45) is 10.3. The number of rotatable bonds is 8. The molecule has 0 fully saturated rings. The lowest BCUT2D eigenvalue weighted by Crippen LogP contribution is -1.94. The van der Waals surface area contributed by atoms with Gasteiger partial charge in [0.15, 0.2) is 0 Å². The Kier molecular flexibility index (Phi) is 7.15. The molecule has 0 unspecified atom stereocenters. The smallest absolute Gasteiger partial charge is 0.135 e. The molecule has 23 heavy (non-hydrogen) atoms. The Morgan fingerprint density at radius 2 is 1.74 bits per heavy atom. The zero-order valence-electron chi connectivity index (χ0n) is 13.4. The van der Waals surface area contributed by atoms with E-state index in [9.17, 15) is 8.78 Å². The zero-order chi connectivity index (χ0) is 16.7. The minimum atomic E-state index is -0.590. The van der Waals surface area contributed by atoms with Gasteiger partial charge in [0.2, 0.25) is 0 Å². The highest BCUT2D eigenvalue weighted by atomic mass is 79.9. The Labute approximate surface area is 145 Å². The first-order chi connectivity index (χ1) is 11.1. The van der Waals surface area contributed by atoms with Crippen molar-refractivity contribution in [3.05, 3.63) is 52.1 Å². The molecule has 1 nitrogen and oxygen atoms in total. The van der Waals surface area contributed by atoms with Crippen molar-refractivity contribution in [3.63, 3.8) is 0 Å². The molecule has 1 aromatic heterocycles. The van der Waals surface area contributed by atoms with Crippen molar-refractivity contribution in [2.75, 3.05) is 0 Å². The third kappa shape index (κ3) is 5.38. The van der Waals surface area contributed by atoms with Gasteiger partial charge in [-0.15, -0.1) is 0 Å².